The minimum atomic E-state index is -4.28. The molecule has 0 saturated carbocycles. The quantitative estimate of drug-likeness (QED) is 0.494. The van der Waals surface area contributed by atoms with Crippen LogP contribution >= 0.6 is 0 Å². The van der Waals surface area contributed by atoms with Crippen LogP contribution in [-0.4, -0.2) is 0 Å². The van der Waals surface area contributed by atoms with E-state index in [9.17, 15) is 13.2 Å². The largest absolute Gasteiger partial charge is 0.416 e. The van der Waals surface area contributed by atoms with E-state index in [-0.39, 0.29) is 0 Å². The van der Waals surface area contributed by atoms with Crippen molar-refractivity contribution in [1.82, 2.24) is 0 Å². The molecule has 128 valence electrons. The number of hydrogen-bond donors (Lipinski definition) is 0. The molecule has 0 heterocycles. The zero-order valence-electron chi connectivity index (χ0n) is 13.8. The Kier molecular flexibility index (Phi) is 5.22. The third-order valence-corrected chi connectivity index (χ3v) is 4.30. The fourth-order valence-electron chi connectivity index (χ4n) is 2.99. The lowest BCUT2D eigenvalue weighted by Crippen LogP contribution is -2.09. The zero-order chi connectivity index (χ0) is 17.7. The standard InChI is InChI=1S/C22H19F3/c23-22(24,25)21-12-5-4-10-20(21)11-6-7-17-13-15-19(16-14-17)18-8-2-1-3-9-18/h1-5,8-10,12-16H,6-7,11H2. The Hall–Kier alpha value is -2.55. The molecule has 3 heteroatoms. The highest BCUT2D eigenvalue weighted by molar-refractivity contribution is 5.63. The molecule has 0 radical (unpaired) electrons. The van der Waals surface area contributed by atoms with Crippen molar-refractivity contribution in [3.63, 3.8) is 0 Å². The van der Waals surface area contributed by atoms with Crippen LogP contribution in [0, 0.1) is 0 Å². The van der Waals surface area contributed by atoms with E-state index in [2.05, 4.69) is 36.4 Å². The molecule has 0 fully saturated rings. The van der Waals surface area contributed by atoms with Gasteiger partial charge < -0.3 is 0 Å². The van der Waals surface area contributed by atoms with E-state index < -0.39 is 11.7 Å². The number of rotatable bonds is 5. The monoisotopic (exact) mass is 340 g/mol. The Bertz CT molecular complexity index is 803. The van der Waals surface area contributed by atoms with Crippen molar-refractivity contribution in [2.75, 3.05) is 0 Å². The number of benzene rings is 3. The third-order valence-electron chi connectivity index (χ3n) is 4.30. The first-order valence-electron chi connectivity index (χ1n) is 8.33. The summed E-state index contributed by atoms with van der Waals surface area (Å²) in [7, 11) is 0. The number of hydrogen-bond acceptors (Lipinski definition) is 0. The number of halogens is 3. The summed E-state index contributed by atoms with van der Waals surface area (Å²) in [5.74, 6) is 0. The molecule has 0 amide bonds. The fourth-order valence-corrected chi connectivity index (χ4v) is 2.99. The maximum absolute atomic E-state index is 13.0. The van der Waals surface area contributed by atoms with Gasteiger partial charge in [0, 0.05) is 0 Å². The summed E-state index contributed by atoms with van der Waals surface area (Å²) in [6.07, 6.45) is -2.40. The lowest BCUT2D eigenvalue weighted by atomic mass is 9.98. The average molecular weight is 340 g/mol. The van der Waals surface area contributed by atoms with Crippen LogP contribution in [0.2, 0.25) is 0 Å². The molecule has 0 atom stereocenters. The molecule has 3 rings (SSSR count). The highest BCUT2D eigenvalue weighted by Crippen LogP contribution is 2.32. The Balaban J connectivity index is 1.62. The van der Waals surface area contributed by atoms with E-state index in [4.69, 9.17) is 0 Å². The molecule has 0 N–H and O–H groups in total. The predicted molar refractivity (Wildman–Crippen MR) is 95.3 cm³/mol. The fraction of sp³-hybridized carbons (Fsp3) is 0.182. The van der Waals surface area contributed by atoms with E-state index >= 15 is 0 Å². The van der Waals surface area contributed by atoms with Crippen molar-refractivity contribution in [1.29, 1.82) is 0 Å². The van der Waals surface area contributed by atoms with Crippen LogP contribution < -0.4 is 0 Å². The molecule has 3 aromatic rings. The van der Waals surface area contributed by atoms with Crippen molar-refractivity contribution in [2.45, 2.75) is 25.4 Å². The molecule has 0 saturated heterocycles. The Morgan fingerprint density at radius 2 is 1.20 bits per heavy atom. The van der Waals surface area contributed by atoms with Crippen molar-refractivity contribution < 1.29 is 13.2 Å². The lowest BCUT2D eigenvalue weighted by Gasteiger charge is -2.12. The van der Waals surface area contributed by atoms with Gasteiger partial charge in [-0.25, -0.2) is 0 Å². The molecule has 25 heavy (non-hydrogen) atoms. The molecule has 3 aromatic carbocycles. The van der Waals surface area contributed by atoms with Gasteiger partial charge in [0.05, 0.1) is 5.56 Å². The summed E-state index contributed by atoms with van der Waals surface area (Å²) >= 11 is 0. The minimum Gasteiger partial charge on any atom is -0.166 e. The van der Waals surface area contributed by atoms with E-state index in [0.29, 0.717) is 18.4 Å². The zero-order valence-corrected chi connectivity index (χ0v) is 13.8. The van der Waals surface area contributed by atoms with E-state index in [1.54, 1.807) is 12.1 Å². The number of aryl methyl sites for hydroxylation is 2. The summed E-state index contributed by atoms with van der Waals surface area (Å²) in [6, 6.07) is 24.2. The van der Waals surface area contributed by atoms with Gasteiger partial charge in [-0.05, 0) is 47.6 Å². The molecule has 0 aromatic heterocycles. The maximum Gasteiger partial charge on any atom is 0.416 e. The topological polar surface area (TPSA) is 0 Å². The van der Waals surface area contributed by atoms with Crippen LogP contribution in [0.4, 0.5) is 13.2 Å². The van der Waals surface area contributed by atoms with Crippen molar-refractivity contribution >= 4 is 0 Å². The first-order valence-corrected chi connectivity index (χ1v) is 8.33. The van der Waals surface area contributed by atoms with Crippen molar-refractivity contribution in [2.24, 2.45) is 0 Å². The summed E-state index contributed by atoms with van der Waals surface area (Å²) in [5.41, 5.74) is 3.30. The van der Waals surface area contributed by atoms with Gasteiger partial charge in [-0.15, -0.1) is 0 Å². The second-order valence-corrected chi connectivity index (χ2v) is 6.07. The van der Waals surface area contributed by atoms with Crippen LogP contribution in [0.5, 0.6) is 0 Å². The van der Waals surface area contributed by atoms with Gasteiger partial charge in [0.25, 0.3) is 0 Å². The lowest BCUT2D eigenvalue weighted by molar-refractivity contribution is -0.138. The average Bonchev–Trinajstić information content (AvgIpc) is 2.63. The van der Waals surface area contributed by atoms with Crippen molar-refractivity contribution in [3.05, 3.63) is 95.6 Å². The Morgan fingerprint density at radius 3 is 1.88 bits per heavy atom. The van der Waals surface area contributed by atoms with Crippen molar-refractivity contribution in [3.8, 4) is 11.1 Å². The summed E-state index contributed by atoms with van der Waals surface area (Å²) in [5, 5.41) is 0. The van der Waals surface area contributed by atoms with Crippen LogP contribution in [0.25, 0.3) is 11.1 Å². The maximum atomic E-state index is 13.0. The van der Waals surface area contributed by atoms with Gasteiger partial charge in [-0.2, -0.15) is 13.2 Å². The van der Waals surface area contributed by atoms with Gasteiger partial charge in [-0.3, -0.25) is 0 Å². The second kappa shape index (κ2) is 7.56. The molecular weight excluding hydrogens is 321 g/mol. The van der Waals surface area contributed by atoms with Gasteiger partial charge >= 0.3 is 6.18 Å². The number of alkyl halides is 3. The minimum absolute atomic E-state index is 0.371. The van der Waals surface area contributed by atoms with Gasteiger partial charge in [0.15, 0.2) is 0 Å². The van der Waals surface area contributed by atoms with Crippen LogP contribution in [0.3, 0.4) is 0 Å². The van der Waals surface area contributed by atoms with E-state index in [0.717, 1.165) is 29.2 Å². The highest BCUT2D eigenvalue weighted by atomic mass is 19.4. The first-order chi connectivity index (χ1) is 12.0. The Morgan fingerprint density at radius 1 is 0.600 bits per heavy atom. The summed E-state index contributed by atoms with van der Waals surface area (Å²) < 4.78 is 39.0. The molecule has 0 nitrogen and oxygen atoms in total. The summed E-state index contributed by atoms with van der Waals surface area (Å²) in [6.45, 7) is 0. The smallest absolute Gasteiger partial charge is 0.166 e. The molecule has 0 aliphatic rings. The first kappa shape index (κ1) is 17.3. The van der Waals surface area contributed by atoms with Crippen LogP contribution in [0.15, 0.2) is 78.9 Å². The van der Waals surface area contributed by atoms with Gasteiger partial charge in [0.1, 0.15) is 0 Å². The SMILES string of the molecule is FC(F)(F)c1ccccc1CCCc1ccc(-c2ccccc2)cc1. The van der Waals surface area contributed by atoms with Gasteiger partial charge in [0.2, 0.25) is 0 Å². The van der Waals surface area contributed by atoms with Crippen LogP contribution in [-0.2, 0) is 19.0 Å². The highest BCUT2D eigenvalue weighted by Gasteiger charge is 2.32. The Labute approximate surface area is 146 Å². The molecule has 0 spiro atoms. The van der Waals surface area contributed by atoms with Crippen LogP contribution in [0.1, 0.15) is 23.1 Å². The van der Waals surface area contributed by atoms with E-state index in [1.165, 1.54) is 6.07 Å². The molecule has 0 unspecified atom stereocenters. The predicted octanol–water partition coefficient (Wildman–Crippen LogP) is 6.55. The summed E-state index contributed by atoms with van der Waals surface area (Å²) in [4.78, 5) is 0. The molecular formula is C22H19F3. The molecule has 0 aliphatic heterocycles. The second-order valence-electron chi connectivity index (χ2n) is 6.07. The van der Waals surface area contributed by atoms with E-state index in [1.807, 2.05) is 18.2 Å². The van der Waals surface area contributed by atoms with Gasteiger partial charge in [-0.1, -0.05) is 72.8 Å². The normalized spacial score (nSPS) is 11.5. The third kappa shape index (κ3) is 4.50. The molecule has 0 aliphatic carbocycles. The molecule has 0 bridgehead atoms.